The van der Waals surface area contributed by atoms with E-state index in [-0.39, 0.29) is 0 Å². The highest BCUT2D eigenvalue weighted by molar-refractivity contribution is 7.10. The van der Waals surface area contributed by atoms with Gasteiger partial charge >= 0.3 is 0 Å². The molecule has 0 fully saturated rings. The Morgan fingerprint density at radius 1 is 0.639 bits per heavy atom. The van der Waals surface area contributed by atoms with Crippen LogP contribution < -0.4 is 9.47 Å². The number of aliphatic hydroxyl groups is 2. The molecular formula is C30H32O4S2. The molecule has 0 aliphatic heterocycles. The quantitative estimate of drug-likeness (QED) is 0.220. The fourth-order valence-corrected chi connectivity index (χ4v) is 6.73. The first kappa shape index (κ1) is 25.0. The lowest BCUT2D eigenvalue weighted by molar-refractivity contribution is 0.0722. The molecule has 5 rings (SSSR count). The van der Waals surface area contributed by atoms with Gasteiger partial charge in [-0.1, -0.05) is 63.1 Å². The molecule has 1 aliphatic carbocycles. The van der Waals surface area contributed by atoms with Gasteiger partial charge < -0.3 is 19.7 Å². The van der Waals surface area contributed by atoms with E-state index < -0.39 is 11.2 Å². The molecule has 0 saturated carbocycles. The number of benzene rings is 2. The number of hydrogen-bond acceptors (Lipinski definition) is 6. The lowest BCUT2D eigenvalue weighted by Gasteiger charge is -2.45. The van der Waals surface area contributed by atoms with E-state index in [1.807, 2.05) is 71.4 Å². The summed E-state index contributed by atoms with van der Waals surface area (Å²) in [5, 5.41) is 29.5. The first-order valence-electron chi connectivity index (χ1n) is 12.6. The van der Waals surface area contributed by atoms with E-state index in [9.17, 15) is 10.2 Å². The molecule has 1 aliphatic rings. The molecule has 4 aromatic rings. The van der Waals surface area contributed by atoms with E-state index in [1.165, 1.54) is 22.7 Å². The van der Waals surface area contributed by atoms with Gasteiger partial charge in [-0.25, -0.2) is 0 Å². The summed E-state index contributed by atoms with van der Waals surface area (Å²) in [5.41, 5.74) is -0.581. The SMILES string of the molecule is CCCCOc1ccc(OCCCC)c2c1C(O)(c1cccs1)c1ccccc1C2(O)c1cccs1. The number of thiophene rings is 2. The van der Waals surface area contributed by atoms with Crippen molar-refractivity contribution in [3.05, 3.63) is 103 Å². The summed E-state index contributed by atoms with van der Waals surface area (Å²) in [6, 6.07) is 19.2. The monoisotopic (exact) mass is 520 g/mol. The minimum Gasteiger partial charge on any atom is -0.493 e. The summed E-state index contributed by atoms with van der Waals surface area (Å²) in [6.07, 6.45) is 3.79. The molecule has 0 saturated heterocycles. The van der Waals surface area contributed by atoms with E-state index >= 15 is 0 Å². The summed E-state index contributed by atoms with van der Waals surface area (Å²) < 4.78 is 12.7. The van der Waals surface area contributed by atoms with E-state index in [0.29, 0.717) is 47.0 Å². The van der Waals surface area contributed by atoms with Gasteiger partial charge in [-0.3, -0.25) is 0 Å². The summed E-state index contributed by atoms with van der Waals surface area (Å²) in [7, 11) is 0. The average molecular weight is 521 g/mol. The molecular weight excluding hydrogens is 488 g/mol. The molecule has 2 aromatic carbocycles. The highest BCUT2D eigenvalue weighted by Gasteiger charge is 2.55. The van der Waals surface area contributed by atoms with Crippen molar-refractivity contribution in [2.75, 3.05) is 13.2 Å². The van der Waals surface area contributed by atoms with Crippen molar-refractivity contribution in [1.29, 1.82) is 0 Å². The van der Waals surface area contributed by atoms with Gasteiger partial charge in [-0.2, -0.15) is 0 Å². The maximum absolute atomic E-state index is 12.8. The van der Waals surface area contributed by atoms with Crippen molar-refractivity contribution in [2.24, 2.45) is 0 Å². The molecule has 2 heterocycles. The molecule has 2 unspecified atom stereocenters. The number of ether oxygens (including phenoxy) is 2. The Labute approximate surface area is 220 Å². The van der Waals surface area contributed by atoms with Crippen LogP contribution in [0, 0.1) is 0 Å². The van der Waals surface area contributed by atoms with Crippen molar-refractivity contribution in [1.82, 2.24) is 0 Å². The van der Waals surface area contributed by atoms with E-state index in [4.69, 9.17) is 9.47 Å². The Hall–Kier alpha value is -2.64. The van der Waals surface area contributed by atoms with Gasteiger partial charge in [0.05, 0.1) is 13.2 Å². The second-order valence-electron chi connectivity index (χ2n) is 9.14. The summed E-state index contributed by atoms with van der Waals surface area (Å²) in [6.45, 7) is 5.30. The minimum absolute atomic E-state index is 0.526. The Balaban J connectivity index is 1.87. The van der Waals surface area contributed by atoms with Gasteiger partial charge in [0, 0.05) is 32.0 Å². The third-order valence-corrected chi connectivity index (χ3v) is 8.78. The second kappa shape index (κ2) is 10.4. The molecule has 4 nitrogen and oxygen atoms in total. The number of unbranched alkanes of at least 4 members (excludes halogenated alkanes) is 2. The highest BCUT2D eigenvalue weighted by Crippen LogP contribution is 2.59. The van der Waals surface area contributed by atoms with Crippen LogP contribution in [0.25, 0.3) is 0 Å². The smallest absolute Gasteiger partial charge is 0.154 e. The zero-order valence-electron chi connectivity index (χ0n) is 20.7. The highest BCUT2D eigenvalue weighted by atomic mass is 32.1. The molecule has 2 aromatic heterocycles. The maximum atomic E-state index is 12.8. The topological polar surface area (TPSA) is 58.9 Å². The van der Waals surface area contributed by atoms with Crippen molar-refractivity contribution < 1.29 is 19.7 Å². The lowest BCUT2D eigenvalue weighted by Crippen LogP contribution is -2.44. The van der Waals surface area contributed by atoms with Crippen LogP contribution in [0.3, 0.4) is 0 Å². The third-order valence-electron chi connectivity index (χ3n) is 6.83. The standard InChI is InChI=1S/C30H32O4S2/c1-3-5-17-33-23-15-16-24(34-18-6-4-2)28-27(23)29(31,25-13-9-19-35-25)21-11-7-8-12-22(21)30(28,32)26-14-10-20-36-26/h7-16,19-20,31-32H,3-6,17-18H2,1-2H3. The van der Waals surface area contributed by atoms with Crippen molar-refractivity contribution in [3.8, 4) is 11.5 Å². The molecule has 0 spiro atoms. The van der Waals surface area contributed by atoms with Crippen LogP contribution in [-0.4, -0.2) is 23.4 Å². The van der Waals surface area contributed by atoms with E-state index in [1.54, 1.807) is 0 Å². The molecule has 0 radical (unpaired) electrons. The Morgan fingerprint density at radius 2 is 1.08 bits per heavy atom. The fourth-order valence-electron chi connectivity index (χ4n) is 5.04. The van der Waals surface area contributed by atoms with Crippen molar-refractivity contribution in [2.45, 2.75) is 50.7 Å². The van der Waals surface area contributed by atoms with Gasteiger partial charge in [-0.05, 0) is 47.9 Å². The van der Waals surface area contributed by atoms with Crippen LogP contribution in [0.2, 0.25) is 0 Å². The van der Waals surface area contributed by atoms with Gasteiger partial charge in [-0.15, -0.1) is 22.7 Å². The van der Waals surface area contributed by atoms with Crippen molar-refractivity contribution in [3.63, 3.8) is 0 Å². The van der Waals surface area contributed by atoms with Gasteiger partial charge in [0.2, 0.25) is 0 Å². The number of fused-ring (bicyclic) bond motifs is 2. The van der Waals surface area contributed by atoms with Crippen LogP contribution >= 0.6 is 22.7 Å². The summed E-state index contributed by atoms with van der Waals surface area (Å²) >= 11 is 2.98. The molecule has 6 heteroatoms. The predicted molar refractivity (Wildman–Crippen MR) is 147 cm³/mol. The molecule has 2 N–H and O–H groups in total. The summed E-state index contributed by atoms with van der Waals surface area (Å²) in [5.74, 6) is 1.14. The van der Waals surface area contributed by atoms with Crippen LogP contribution in [0.1, 0.15) is 71.5 Å². The Bertz CT molecular complexity index is 1200. The third kappa shape index (κ3) is 3.97. The minimum atomic E-state index is -1.50. The zero-order valence-corrected chi connectivity index (χ0v) is 22.3. The van der Waals surface area contributed by atoms with Crippen LogP contribution in [-0.2, 0) is 11.2 Å². The number of rotatable bonds is 10. The molecule has 0 amide bonds. The number of hydrogen-bond donors (Lipinski definition) is 2. The molecule has 0 bridgehead atoms. The first-order chi connectivity index (χ1) is 17.6. The second-order valence-corrected chi connectivity index (χ2v) is 11.0. The predicted octanol–water partition coefficient (Wildman–Crippen LogP) is 7.05. The lowest BCUT2D eigenvalue weighted by atomic mass is 9.66. The van der Waals surface area contributed by atoms with Crippen LogP contribution in [0.5, 0.6) is 11.5 Å². The molecule has 2 atom stereocenters. The van der Waals surface area contributed by atoms with Gasteiger partial charge in [0.15, 0.2) is 11.2 Å². The normalized spacial score (nSPS) is 20.6. The molecule has 188 valence electrons. The summed E-state index contributed by atoms with van der Waals surface area (Å²) in [4.78, 5) is 1.55. The molecule has 36 heavy (non-hydrogen) atoms. The fraction of sp³-hybridized carbons (Fsp3) is 0.333. The zero-order chi connectivity index (χ0) is 25.2. The van der Waals surface area contributed by atoms with Crippen molar-refractivity contribution >= 4 is 22.7 Å². The Morgan fingerprint density at radius 3 is 1.44 bits per heavy atom. The van der Waals surface area contributed by atoms with Crippen LogP contribution in [0.4, 0.5) is 0 Å². The van der Waals surface area contributed by atoms with Gasteiger partial charge in [0.25, 0.3) is 0 Å². The average Bonchev–Trinajstić information content (AvgIpc) is 3.63. The Kier molecular flexibility index (Phi) is 7.22. The van der Waals surface area contributed by atoms with Crippen LogP contribution in [0.15, 0.2) is 71.4 Å². The largest absolute Gasteiger partial charge is 0.493 e. The van der Waals surface area contributed by atoms with Gasteiger partial charge in [0.1, 0.15) is 11.5 Å². The maximum Gasteiger partial charge on any atom is 0.154 e. The van der Waals surface area contributed by atoms with E-state index in [0.717, 1.165) is 35.4 Å². The van der Waals surface area contributed by atoms with E-state index in [2.05, 4.69) is 13.8 Å². The first-order valence-corrected chi connectivity index (χ1v) is 14.4.